The fourth-order valence-electron chi connectivity index (χ4n) is 1.53. The highest BCUT2D eigenvalue weighted by Gasteiger charge is 2.16. The summed E-state index contributed by atoms with van der Waals surface area (Å²) < 4.78 is 0. The van der Waals surface area contributed by atoms with Gasteiger partial charge < -0.3 is 4.98 Å². The first kappa shape index (κ1) is 9.77. The lowest BCUT2D eigenvalue weighted by Gasteiger charge is -2.15. The summed E-state index contributed by atoms with van der Waals surface area (Å²) in [5.41, 5.74) is 1.04. The molecule has 3 nitrogen and oxygen atoms in total. The summed E-state index contributed by atoms with van der Waals surface area (Å²) in [7, 11) is 0. The first-order chi connectivity index (χ1) is 6.68. The van der Waals surface area contributed by atoms with E-state index in [1.807, 2.05) is 13.8 Å². The Bertz CT molecular complexity index is 398. The Balaban J connectivity index is 2.52. The van der Waals surface area contributed by atoms with E-state index in [0.29, 0.717) is 5.92 Å². The molecule has 1 aliphatic heterocycles. The zero-order valence-electron chi connectivity index (χ0n) is 8.46. The molecule has 0 unspecified atom stereocenters. The molecule has 0 saturated carbocycles. The van der Waals surface area contributed by atoms with Crippen molar-refractivity contribution >= 4 is 11.8 Å². The fraction of sp³-hybridized carbons (Fsp3) is 0.600. The minimum Gasteiger partial charge on any atom is -0.309 e. The molecule has 0 bridgehead atoms. The first-order valence-corrected chi connectivity index (χ1v) is 5.93. The number of H-pyrrole nitrogens is 1. The zero-order valence-corrected chi connectivity index (χ0v) is 9.28. The molecule has 0 fully saturated rings. The van der Waals surface area contributed by atoms with Gasteiger partial charge in [0.15, 0.2) is 0 Å². The molecule has 2 heterocycles. The van der Waals surface area contributed by atoms with Crippen LogP contribution in [0.1, 0.15) is 37.7 Å². The van der Waals surface area contributed by atoms with Crippen LogP contribution in [0.15, 0.2) is 9.69 Å². The van der Waals surface area contributed by atoms with E-state index in [0.717, 1.165) is 35.0 Å². The Kier molecular flexibility index (Phi) is 2.63. The lowest BCUT2D eigenvalue weighted by atomic mass is 10.2. The Labute approximate surface area is 87.3 Å². The summed E-state index contributed by atoms with van der Waals surface area (Å²) in [6, 6.07) is 0. The van der Waals surface area contributed by atoms with Gasteiger partial charge in [-0.2, -0.15) is 0 Å². The number of nitrogens with one attached hydrogen (secondary N) is 1. The van der Waals surface area contributed by atoms with Gasteiger partial charge in [0.25, 0.3) is 5.56 Å². The molecule has 1 N–H and O–H groups in total. The number of rotatable bonds is 1. The molecule has 2 rings (SSSR count). The molecule has 0 aliphatic carbocycles. The number of aromatic amines is 1. The number of nitrogens with zero attached hydrogens (tertiary/aromatic N) is 1. The van der Waals surface area contributed by atoms with Gasteiger partial charge in [-0.15, -0.1) is 11.8 Å². The highest BCUT2D eigenvalue weighted by atomic mass is 32.2. The van der Waals surface area contributed by atoms with Crippen molar-refractivity contribution in [2.24, 2.45) is 0 Å². The standard InChI is InChI=1S/C10H14N2OS/c1-6(2)9-11-7-4-3-5-14-8(7)10(13)12-9/h6H,3-5H2,1-2H3,(H,11,12,13). The Morgan fingerprint density at radius 3 is 3.00 bits per heavy atom. The molecule has 0 amide bonds. The molecule has 0 saturated heterocycles. The van der Waals surface area contributed by atoms with Gasteiger partial charge in [0.2, 0.25) is 0 Å². The third-order valence-electron chi connectivity index (χ3n) is 2.32. The smallest absolute Gasteiger partial charge is 0.264 e. The van der Waals surface area contributed by atoms with Gasteiger partial charge in [0.1, 0.15) is 5.82 Å². The highest BCUT2D eigenvalue weighted by Crippen LogP contribution is 2.25. The van der Waals surface area contributed by atoms with Crippen LogP contribution in [0, 0.1) is 0 Å². The van der Waals surface area contributed by atoms with Gasteiger partial charge in [-0.1, -0.05) is 13.8 Å². The number of aryl methyl sites for hydroxylation is 1. The van der Waals surface area contributed by atoms with Gasteiger partial charge in [0, 0.05) is 5.92 Å². The third-order valence-corrected chi connectivity index (χ3v) is 3.52. The number of hydrogen-bond donors (Lipinski definition) is 1. The van der Waals surface area contributed by atoms with Crippen LogP contribution in [0.25, 0.3) is 0 Å². The van der Waals surface area contributed by atoms with Gasteiger partial charge in [0.05, 0.1) is 10.6 Å². The van der Waals surface area contributed by atoms with Crippen LogP contribution in [-0.2, 0) is 6.42 Å². The van der Waals surface area contributed by atoms with Crippen LogP contribution < -0.4 is 5.56 Å². The van der Waals surface area contributed by atoms with E-state index >= 15 is 0 Å². The van der Waals surface area contributed by atoms with Gasteiger partial charge in [-0.25, -0.2) is 4.98 Å². The monoisotopic (exact) mass is 210 g/mol. The lowest BCUT2D eigenvalue weighted by Crippen LogP contribution is -2.20. The normalized spacial score (nSPS) is 15.6. The Hall–Kier alpha value is -0.770. The first-order valence-electron chi connectivity index (χ1n) is 4.94. The fourth-order valence-corrected chi connectivity index (χ4v) is 2.52. The van der Waals surface area contributed by atoms with Crippen molar-refractivity contribution < 1.29 is 0 Å². The zero-order chi connectivity index (χ0) is 10.1. The molecule has 0 aromatic carbocycles. The molecule has 4 heteroatoms. The summed E-state index contributed by atoms with van der Waals surface area (Å²) in [5, 5.41) is 0. The van der Waals surface area contributed by atoms with Crippen molar-refractivity contribution in [1.82, 2.24) is 9.97 Å². The van der Waals surface area contributed by atoms with Crippen molar-refractivity contribution in [3.05, 3.63) is 21.9 Å². The highest BCUT2D eigenvalue weighted by molar-refractivity contribution is 7.99. The van der Waals surface area contributed by atoms with E-state index in [4.69, 9.17) is 0 Å². The van der Waals surface area contributed by atoms with E-state index in [1.165, 1.54) is 0 Å². The van der Waals surface area contributed by atoms with Crippen molar-refractivity contribution in [2.45, 2.75) is 37.5 Å². The van der Waals surface area contributed by atoms with E-state index in [1.54, 1.807) is 11.8 Å². The number of thioether (sulfide) groups is 1. The number of fused-ring (bicyclic) bond motifs is 1. The predicted molar refractivity (Wildman–Crippen MR) is 58.0 cm³/mol. The van der Waals surface area contributed by atoms with Crippen LogP contribution in [0.2, 0.25) is 0 Å². The number of hydrogen-bond acceptors (Lipinski definition) is 3. The van der Waals surface area contributed by atoms with Crippen molar-refractivity contribution in [3.8, 4) is 0 Å². The molecule has 1 aromatic rings. The van der Waals surface area contributed by atoms with E-state index in [2.05, 4.69) is 9.97 Å². The average molecular weight is 210 g/mol. The Morgan fingerprint density at radius 2 is 2.29 bits per heavy atom. The van der Waals surface area contributed by atoms with Gasteiger partial charge in [-0.3, -0.25) is 4.79 Å². The van der Waals surface area contributed by atoms with Crippen LogP contribution in [-0.4, -0.2) is 15.7 Å². The summed E-state index contributed by atoms with van der Waals surface area (Å²) in [6.07, 6.45) is 2.08. The minimum absolute atomic E-state index is 0.0448. The van der Waals surface area contributed by atoms with Crippen LogP contribution in [0.4, 0.5) is 0 Å². The second-order valence-corrected chi connectivity index (χ2v) is 4.94. The predicted octanol–water partition coefficient (Wildman–Crippen LogP) is 1.93. The molecule has 0 atom stereocenters. The molecule has 76 valence electrons. The third kappa shape index (κ3) is 1.71. The topological polar surface area (TPSA) is 45.8 Å². The van der Waals surface area contributed by atoms with Crippen LogP contribution in [0.3, 0.4) is 0 Å². The SMILES string of the molecule is CC(C)c1nc2c(c(=O)[nH]1)SCCC2. The van der Waals surface area contributed by atoms with Crippen molar-refractivity contribution in [2.75, 3.05) is 5.75 Å². The molecular weight excluding hydrogens is 196 g/mol. The van der Waals surface area contributed by atoms with Crippen LogP contribution in [0.5, 0.6) is 0 Å². The molecule has 1 aromatic heterocycles. The molecule has 0 radical (unpaired) electrons. The molecule has 0 spiro atoms. The average Bonchev–Trinajstić information content (AvgIpc) is 2.17. The molecule has 14 heavy (non-hydrogen) atoms. The van der Waals surface area contributed by atoms with Gasteiger partial charge in [-0.05, 0) is 18.6 Å². The lowest BCUT2D eigenvalue weighted by molar-refractivity contribution is 0.715. The summed E-state index contributed by atoms with van der Waals surface area (Å²) in [4.78, 5) is 19.9. The van der Waals surface area contributed by atoms with E-state index in [-0.39, 0.29) is 5.56 Å². The Morgan fingerprint density at radius 1 is 1.50 bits per heavy atom. The summed E-state index contributed by atoms with van der Waals surface area (Å²) in [5.74, 6) is 2.15. The summed E-state index contributed by atoms with van der Waals surface area (Å²) >= 11 is 1.63. The van der Waals surface area contributed by atoms with Crippen LogP contribution >= 0.6 is 11.8 Å². The maximum Gasteiger partial charge on any atom is 0.264 e. The molecular formula is C10H14N2OS. The second-order valence-electron chi connectivity index (χ2n) is 3.83. The number of aromatic nitrogens is 2. The largest absolute Gasteiger partial charge is 0.309 e. The molecule has 1 aliphatic rings. The maximum absolute atomic E-state index is 11.7. The second kappa shape index (κ2) is 3.77. The quantitative estimate of drug-likeness (QED) is 0.770. The summed E-state index contributed by atoms with van der Waals surface area (Å²) in [6.45, 7) is 4.08. The van der Waals surface area contributed by atoms with Crippen molar-refractivity contribution in [3.63, 3.8) is 0 Å². The van der Waals surface area contributed by atoms with Crippen molar-refractivity contribution in [1.29, 1.82) is 0 Å². The van der Waals surface area contributed by atoms with E-state index in [9.17, 15) is 4.79 Å². The van der Waals surface area contributed by atoms with Gasteiger partial charge >= 0.3 is 0 Å². The van der Waals surface area contributed by atoms with E-state index < -0.39 is 0 Å². The maximum atomic E-state index is 11.7. The minimum atomic E-state index is 0.0448.